The zero-order valence-electron chi connectivity index (χ0n) is 19.3. The first-order valence-corrected chi connectivity index (χ1v) is 10.8. The molecule has 0 saturated heterocycles. The van der Waals surface area contributed by atoms with Crippen molar-refractivity contribution in [3.8, 4) is 22.6 Å². The maximum atomic E-state index is 12.8. The van der Waals surface area contributed by atoms with Crippen LogP contribution in [0.1, 0.15) is 21.5 Å². The van der Waals surface area contributed by atoms with E-state index in [0.717, 1.165) is 22.4 Å². The number of carbonyl (C=O) groups excluding carboxylic acids is 1. The average molecular weight is 455 g/mol. The fourth-order valence-corrected chi connectivity index (χ4v) is 3.53. The molecule has 1 heterocycles. The van der Waals surface area contributed by atoms with Crippen LogP contribution in [0.2, 0.25) is 0 Å². The molecule has 0 aliphatic rings. The smallest absolute Gasteiger partial charge is 0.251 e. The lowest BCUT2D eigenvalue weighted by Crippen LogP contribution is -2.23. The van der Waals surface area contributed by atoms with Gasteiger partial charge in [0.15, 0.2) is 0 Å². The molecule has 0 saturated carbocycles. The normalized spacial score (nSPS) is 10.4. The number of ether oxygens (including phenoxy) is 2. The quantitative estimate of drug-likeness (QED) is 0.383. The number of aryl methyl sites for hydroxylation is 1. The minimum atomic E-state index is -0.204. The highest BCUT2D eigenvalue weighted by molar-refractivity contribution is 5.95. The van der Waals surface area contributed by atoms with E-state index in [4.69, 9.17) is 9.47 Å². The van der Waals surface area contributed by atoms with Gasteiger partial charge < -0.3 is 20.1 Å². The number of hydrogen-bond donors (Lipinski definition) is 2. The number of benzene rings is 3. The Labute approximate surface area is 198 Å². The van der Waals surface area contributed by atoms with Gasteiger partial charge in [-0.2, -0.15) is 0 Å². The van der Waals surface area contributed by atoms with Crippen molar-refractivity contribution >= 4 is 17.5 Å². The monoisotopic (exact) mass is 454 g/mol. The van der Waals surface area contributed by atoms with E-state index in [9.17, 15) is 4.79 Å². The Kier molecular flexibility index (Phi) is 7.03. The van der Waals surface area contributed by atoms with Gasteiger partial charge in [-0.3, -0.25) is 4.79 Å². The standard InChI is InChI=1S/C27H26N4O3/c1-18-6-4-7-19(12-18)22-16-29-27(30-17-22)31-23-9-5-8-20(13-23)26(32)28-15-21-14-24(33-2)10-11-25(21)34-3/h4-14,16-17H,15H2,1-3H3,(H,28,32)(H,29,30,31). The van der Waals surface area contributed by atoms with Crippen LogP contribution in [0, 0.1) is 6.92 Å². The van der Waals surface area contributed by atoms with Gasteiger partial charge in [0, 0.05) is 41.3 Å². The predicted octanol–water partition coefficient (Wildman–Crippen LogP) is 5.14. The Hall–Kier alpha value is -4.39. The molecule has 34 heavy (non-hydrogen) atoms. The van der Waals surface area contributed by atoms with E-state index >= 15 is 0 Å². The van der Waals surface area contributed by atoms with Gasteiger partial charge in [0.25, 0.3) is 5.91 Å². The van der Waals surface area contributed by atoms with E-state index < -0.39 is 0 Å². The maximum Gasteiger partial charge on any atom is 0.251 e. The highest BCUT2D eigenvalue weighted by atomic mass is 16.5. The Morgan fingerprint density at radius 3 is 2.41 bits per heavy atom. The van der Waals surface area contributed by atoms with Crippen LogP contribution in [-0.2, 0) is 6.54 Å². The number of hydrogen-bond acceptors (Lipinski definition) is 6. The largest absolute Gasteiger partial charge is 0.497 e. The molecular weight excluding hydrogens is 428 g/mol. The zero-order valence-corrected chi connectivity index (χ0v) is 19.3. The van der Waals surface area contributed by atoms with E-state index in [0.29, 0.717) is 29.6 Å². The van der Waals surface area contributed by atoms with Gasteiger partial charge in [-0.1, -0.05) is 35.9 Å². The zero-order chi connectivity index (χ0) is 23.9. The minimum absolute atomic E-state index is 0.204. The maximum absolute atomic E-state index is 12.8. The van der Waals surface area contributed by atoms with Crippen molar-refractivity contribution in [3.05, 3.63) is 95.8 Å². The Morgan fingerprint density at radius 2 is 1.68 bits per heavy atom. The summed E-state index contributed by atoms with van der Waals surface area (Å²) >= 11 is 0. The third-order valence-corrected chi connectivity index (χ3v) is 5.31. The lowest BCUT2D eigenvalue weighted by molar-refractivity contribution is 0.0950. The number of rotatable bonds is 8. The van der Waals surface area contributed by atoms with E-state index in [2.05, 4.69) is 39.7 Å². The third-order valence-electron chi connectivity index (χ3n) is 5.31. The van der Waals surface area contributed by atoms with Gasteiger partial charge >= 0.3 is 0 Å². The molecule has 3 aromatic carbocycles. The molecule has 7 heteroatoms. The van der Waals surface area contributed by atoms with E-state index in [1.165, 1.54) is 5.56 Å². The van der Waals surface area contributed by atoms with Gasteiger partial charge in [-0.25, -0.2) is 9.97 Å². The number of aromatic nitrogens is 2. The lowest BCUT2D eigenvalue weighted by Gasteiger charge is -2.12. The number of methoxy groups -OCH3 is 2. The van der Waals surface area contributed by atoms with Crippen molar-refractivity contribution in [1.29, 1.82) is 0 Å². The molecule has 0 fully saturated rings. The van der Waals surface area contributed by atoms with Crippen LogP contribution in [0.15, 0.2) is 79.1 Å². The minimum Gasteiger partial charge on any atom is -0.497 e. The summed E-state index contributed by atoms with van der Waals surface area (Å²) in [4.78, 5) is 21.6. The van der Waals surface area contributed by atoms with Gasteiger partial charge in [-0.05, 0) is 48.9 Å². The molecule has 0 radical (unpaired) electrons. The van der Waals surface area contributed by atoms with Crippen molar-refractivity contribution in [1.82, 2.24) is 15.3 Å². The third kappa shape index (κ3) is 5.50. The highest BCUT2D eigenvalue weighted by Crippen LogP contribution is 2.24. The Morgan fingerprint density at radius 1 is 0.882 bits per heavy atom. The summed E-state index contributed by atoms with van der Waals surface area (Å²) in [6.07, 6.45) is 3.56. The first kappa shape index (κ1) is 22.8. The number of nitrogens with zero attached hydrogens (tertiary/aromatic N) is 2. The van der Waals surface area contributed by atoms with Gasteiger partial charge in [-0.15, -0.1) is 0 Å². The van der Waals surface area contributed by atoms with E-state index in [-0.39, 0.29) is 5.91 Å². The van der Waals surface area contributed by atoms with Gasteiger partial charge in [0.1, 0.15) is 11.5 Å². The predicted molar refractivity (Wildman–Crippen MR) is 133 cm³/mol. The number of anilines is 2. The van der Waals surface area contributed by atoms with Crippen molar-refractivity contribution in [2.45, 2.75) is 13.5 Å². The average Bonchev–Trinajstić information content (AvgIpc) is 2.87. The highest BCUT2D eigenvalue weighted by Gasteiger charge is 2.10. The summed E-state index contributed by atoms with van der Waals surface area (Å²) in [6.45, 7) is 2.36. The van der Waals surface area contributed by atoms with Crippen molar-refractivity contribution in [2.24, 2.45) is 0 Å². The van der Waals surface area contributed by atoms with Crippen LogP contribution in [0.3, 0.4) is 0 Å². The number of carbonyl (C=O) groups is 1. The Bertz CT molecular complexity index is 1290. The molecule has 4 aromatic rings. The molecule has 0 aliphatic heterocycles. The molecule has 0 spiro atoms. The fraction of sp³-hybridized carbons (Fsp3) is 0.148. The molecule has 4 rings (SSSR count). The van der Waals surface area contributed by atoms with Crippen LogP contribution in [0.25, 0.3) is 11.1 Å². The summed E-state index contributed by atoms with van der Waals surface area (Å²) < 4.78 is 10.6. The fourth-order valence-electron chi connectivity index (χ4n) is 3.53. The summed E-state index contributed by atoms with van der Waals surface area (Å²) in [5.74, 6) is 1.63. The molecule has 0 aliphatic carbocycles. The number of amides is 1. The van der Waals surface area contributed by atoms with Crippen LogP contribution >= 0.6 is 0 Å². The van der Waals surface area contributed by atoms with Crippen molar-refractivity contribution < 1.29 is 14.3 Å². The molecule has 0 unspecified atom stereocenters. The molecule has 1 aromatic heterocycles. The Balaban J connectivity index is 1.42. The van der Waals surface area contributed by atoms with Gasteiger partial charge in [0.2, 0.25) is 5.95 Å². The summed E-state index contributed by atoms with van der Waals surface area (Å²) in [5.41, 5.74) is 5.25. The summed E-state index contributed by atoms with van der Waals surface area (Å²) in [6, 6.07) is 20.8. The van der Waals surface area contributed by atoms with Crippen molar-refractivity contribution in [2.75, 3.05) is 19.5 Å². The van der Waals surface area contributed by atoms with Crippen LogP contribution in [0.4, 0.5) is 11.6 Å². The number of nitrogens with one attached hydrogen (secondary N) is 2. The van der Waals surface area contributed by atoms with E-state index in [1.807, 2.05) is 42.5 Å². The molecule has 1 amide bonds. The lowest BCUT2D eigenvalue weighted by atomic mass is 10.1. The second-order valence-electron chi connectivity index (χ2n) is 7.73. The molecule has 0 atom stereocenters. The first-order valence-electron chi connectivity index (χ1n) is 10.8. The van der Waals surface area contributed by atoms with Crippen LogP contribution in [-0.4, -0.2) is 30.1 Å². The topological polar surface area (TPSA) is 85.4 Å². The van der Waals surface area contributed by atoms with E-state index in [1.54, 1.807) is 38.7 Å². The second-order valence-corrected chi connectivity index (χ2v) is 7.73. The summed E-state index contributed by atoms with van der Waals surface area (Å²) in [5, 5.41) is 6.09. The van der Waals surface area contributed by atoms with Crippen LogP contribution < -0.4 is 20.1 Å². The van der Waals surface area contributed by atoms with Gasteiger partial charge in [0.05, 0.1) is 14.2 Å². The molecule has 172 valence electrons. The first-order chi connectivity index (χ1) is 16.6. The molecular formula is C27H26N4O3. The van der Waals surface area contributed by atoms with Crippen molar-refractivity contribution in [3.63, 3.8) is 0 Å². The molecule has 2 N–H and O–H groups in total. The SMILES string of the molecule is COc1ccc(OC)c(CNC(=O)c2cccc(Nc3ncc(-c4cccc(C)c4)cn3)c2)c1. The molecule has 7 nitrogen and oxygen atoms in total. The molecule has 0 bridgehead atoms. The second kappa shape index (κ2) is 10.5. The van der Waals surface area contributed by atoms with Crippen LogP contribution in [0.5, 0.6) is 11.5 Å². The summed E-state index contributed by atoms with van der Waals surface area (Å²) in [7, 11) is 3.19.